The number of hydrogen-bond acceptors (Lipinski definition) is 3. The van der Waals surface area contributed by atoms with Crippen molar-refractivity contribution < 1.29 is 14.2 Å². The van der Waals surface area contributed by atoms with Crippen LogP contribution in [0.5, 0.6) is 0 Å². The van der Waals surface area contributed by atoms with Crippen molar-refractivity contribution in [1.82, 2.24) is 0 Å². The molecule has 0 saturated carbocycles. The van der Waals surface area contributed by atoms with E-state index in [0.29, 0.717) is 13.2 Å². The van der Waals surface area contributed by atoms with Gasteiger partial charge in [0.1, 0.15) is 5.82 Å². The van der Waals surface area contributed by atoms with Crippen LogP contribution in [0, 0.1) is 5.82 Å². The van der Waals surface area contributed by atoms with Crippen LogP contribution in [0.3, 0.4) is 0 Å². The third kappa shape index (κ3) is 1.65. The van der Waals surface area contributed by atoms with E-state index < -0.39 is 11.5 Å². The van der Waals surface area contributed by atoms with Gasteiger partial charge in [0, 0.05) is 6.54 Å². The van der Waals surface area contributed by atoms with Gasteiger partial charge in [0.05, 0.1) is 24.7 Å². The highest BCUT2D eigenvalue weighted by molar-refractivity contribution is 5.30. The predicted octanol–water partition coefficient (Wildman–Crippen LogP) is 0.413. The molecule has 0 aromatic heterocycles. The summed E-state index contributed by atoms with van der Waals surface area (Å²) < 4.78 is 17.9. The molecule has 3 N–H and O–H groups in total. The number of aliphatic hydroxyl groups excluding tert-OH is 1. The molecular weight excluding hydrogens is 197 g/mol. The Balaban J connectivity index is 2.30. The van der Waals surface area contributed by atoms with Crippen LogP contribution in [0.15, 0.2) is 24.3 Å². The molecule has 0 bridgehead atoms. The van der Waals surface area contributed by atoms with Gasteiger partial charge in [-0.15, -0.1) is 0 Å². The summed E-state index contributed by atoms with van der Waals surface area (Å²) in [4.78, 5) is 0. The number of hydrogen-bond donors (Lipinski definition) is 2. The fourth-order valence-electron chi connectivity index (χ4n) is 1.88. The Kier molecular flexibility index (Phi) is 2.73. The molecule has 3 nitrogen and oxygen atoms in total. The minimum Gasteiger partial charge on any atom is -0.391 e. The zero-order valence-electron chi connectivity index (χ0n) is 8.32. The van der Waals surface area contributed by atoms with E-state index in [0.717, 1.165) is 5.56 Å². The monoisotopic (exact) mass is 211 g/mol. The van der Waals surface area contributed by atoms with E-state index in [1.165, 1.54) is 12.1 Å². The van der Waals surface area contributed by atoms with Crippen LogP contribution in [0.2, 0.25) is 0 Å². The second kappa shape index (κ2) is 3.89. The van der Waals surface area contributed by atoms with Gasteiger partial charge in [0.15, 0.2) is 0 Å². The molecule has 0 aliphatic carbocycles. The summed E-state index contributed by atoms with van der Waals surface area (Å²) in [5, 5.41) is 9.85. The molecule has 1 saturated heterocycles. The van der Waals surface area contributed by atoms with Gasteiger partial charge in [0.25, 0.3) is 0 Å². The van der Waals surface area contributed by atoms with Gasteiger partial charge in [-0.2, -0.15) is 0 Å². The lowest BCUT2D eigenvalue weighted by atomic mass is 9.74. The molecule has 0 radical (unpaired) electrons. The zero-order valence-corrected chi connectivity index (χ0v) is 8.32. The van der Waals surface area contributed by atoms with Gasteiger partial charge in [-0.1, -0.05) is 12.1 Å². The average molecular weight is 211 g/mol. The Labute approximate surface area is 87.7 Å². The number of nitrogens with two attached hydrogens (primary N) is 1. The summed E-state index contributed by atoms with van der Waals surface area (Å²) >= 11 is 0. The molecule has 1 fully saturated rings. The Morgan fingerprint density at radius 1 is 1.40 bits per heavy atom. The highest BCUT2D eigenvalue weighted by Crippen LogP contribution is 2.35. The normalized spacial score (nSPS) is 20.7. The molecule has 1 aromatic carbocycles. The average Bonchev–Trinajstić information content (AvgIpc) is 2.19. The molecule has 1 aliphatic heterocycles. The molecule has 1 aliphatic rings. The van der Waals surface area contributed by atoms with Crippen molar-refractivity contribution in [3.8, 4) is 0 Å². The fraction of sp³-hybridized carbons (Fsp3) is 0.455. The number of aliphatic hydroxyl groups is 1. The Bertz CT molecular complexity index is 335. The second-order valence-corrected chi connectivity index (χ2v) is 3.91. The van der Waals surface area contributed by atoms with E-state index in [1.807, 2.05) is 0 Å². The van der Waals surface area contributed by atoms with Crippen molar-refractivity contribution in [3.05, 3.63) is 35.6 Å². The highest BCUT2D eigenvalue weighted by Gasteiger charge is 2.46. The number of ether oxygens (including phenoxy) is 1. The molecule has 1 unspecified atom stereocenters. The van der Waals surface area contributed by atoms with Crippen LogP contribution in [0.1, 0.15) is 5.56 Å². The van der Waals surface area contributed by atoms with Gasteiger partial charge in [-0.05, 0) is 17.7 Å². The summed E-state index contributed by atoms with van der Waals surface area (Å²) in [6.07, 6.45) is -0.642. The zero-order chi connectivity index (χ0) is 10.9. The Morgan fingerprint density at radius 3 is 2.40 bits per heavy atom. The van der Waals surface area contributed by atoms with Gasteiger partial charge in [-0.25, -0.2) is 4.39 Å². The third-order valence-corrected chi connectivity index (χ3v) is 3.00. The quantitative estimate of drug-likeness (QED) is 0.761. The first kappa shape index (κ1) is 10.5. The second-order valence-electron chi connectivity index (χ2n) is 3.91. The highest BCUT2D eigenvalue weighted by atomic mass is 19.1. The molecule has 0 spiro atoms. The van der Waals surface area contributed by atoms with Crippen LogP contribution in [-0.2, 0) is 10.2 Å². The molecule has 15 heavy (non-hydrogen) atoms. The summed E-state index contributed by atoms with van der Waals surface area (Å²) in [6.45, 7) is 1.06. The first-order chi connectivity index (χ1) is 7.19. The minimum absolute atomic E-state index is 0.181. The van der Waals surface area contributed by atoms with Gasteiger partial charge >= 0.3 is 0 Å². The molecule has 2 rings (SSSR count). The van der Waals surface area contributed by atoms with Crippen molar-refractivity contribution in [2.24, 2.45) is 5.73 Å². The van der Waals surface area contributed by atoms with E-state index in [9.17, 15) is 9.50 Å². The lowest BCUT2D eigenvalue weighted by molar-refractivity contribution is -0.116. The van der Waals surface area contributed by atoms with Crippen LogP contribution >= 0.6 is 0 Å². The third-order valence-electron chi connectivity index (χ3n) is 3.00. The lowest BCUT2D eigenvalue weighted by Crippen LogP contribution is -2.57. The Morgan fingerprint density at radius 2 is 2.00 bits per heavy atom. The molecular formula is C11H14FNO2. The fourth-order valence-corrected chi connectivity index (χ4v) is 1.88. The maximum Gasteiger partial charge on any atom is 0.123 e. The topological polar surface area (TPSA) is 55.5 Å². The molecule has 82 valence electrons. The summed E-state index contributed by atoms with van der Waals surface area (Å²) in [7, 11) is 0. The maximum atomic E-state index is 12.8. The van der Waals surface area contributed by atoms with E-state index in [-0.39, 0.29) is 12.4 Å². The van der Waals surface area contributed by atoms with Gasteiger partial charge < -0.3 is 15.6 Å². The molecule has 1 heterocycles. The van der Waals surface area contributed by atoms with Gasteiger partial charge in [-0.3, -0.25) is 0 Å². The summed E-state index contributed by atoms with van der Waals surface area (Å²) in [5.74, 6) is -0.281. The van der Waals surface area contributed by atoms with E-state index in [1.54, 1.807) is 12.1 Å². The Hall–Kier alpha value is -0.970. The minimum atomic E-state index is -0.642. The SMILES string of the molecule is NCC(O)C1(c2ccc(F)cc2)COC1. The molecule has 1 aromatic rings. The van der Waals surface area contributed by atoms with Crippen molar-refractivity contribution in [2.75, 3.05) is 19.8 Å². The van der Waals surface area contributed by atoms with Gasteiger partial charge in [0.2, 0.25) is 0 Å². The van der Waals surface area contributed by atoms with Crippen LogP contribution in [0.25, 0.3) is 0 Å². The van der Waals surface area contributed by atoms with Crippen molar-refractivity contribution in [2.45, 2.75) is 11.5 Å². The largest absolute Gasteiger partial charge is 0.391 e. The van der Waals surface area contributed by atoms with Crippen LogP contribution < -0.4 is 5.73 Å². The van der Waals surface area contributed by atoms with Crippen LogP contribution in [0.4, 0.5) is 4.39 Å². The van der Waals surface area contributed by atoms with E-state index in [2.05, 4.69) is 0 Å². The molecule has 1 atom stereocenters. The molecule has 0 amide bonds. The summed E-state index contributed by atoms with van der Waals surface area (Å²) in [5.41, 5.74) is 5.90. The molecule has 4 heteroatoms. The standard InChI is InChI=1S/C11H14FNO2/c12-9-3-1-8(2-4-9)11(6-15-7-11)10(14)5-13/h1-4,10,14H,5-7,13H2. The number of rotatable bonds is 3. The van der Waals surface area contributed by atoms with Crippen molar-refractivity contribution in [1.29, 1.82) is 0 Å². The predicted molar refractivity (Wildman–Crippen MR) is 54.0 cm³/mol. The first-order valence-electron chi connectivity index (χ1n) is 4.91. The number of benzene rings is 1. The maximum absolute atomic E-state index is 12.8. The van der Waals surface area contributed by atoms with Crippen molar-refractivity contribution >= 4 is 0 Å². The summed E-state index contributed by atoms with van der Waals surface area (Å²) in [6, 6.07) is 6.13. The van der Waals surface area contributed by atoms with Crippen LogP contribution in [-0.4, -0.2) is 31.0 Å². The smallest absolute Gasteiger partial charge is 0.123 e. The lowest BCUT2D eigenvalue weighted by Gasteiger charge is -2.45. The number of halogens is 1. The van der Waals surface area contributed by atoms with E-state index in [4.69, 9.17) is 10.5 Å². The first-order valence-corrected chi connectivity index (χ1v) is 4.91. The van der Waals surface area contributed by atoms with Crippen molar-refractivity contribution in [3.63, 3.8) is 0 Å². The van der Waals surface area contributed by atoms with E-state index >= 15 is 0 Å².